The summed E-state index contributed by atoms with van der Waals surface area (Å²) in [5, 5.41) is 3.27. The smallest absolute Gasteiger partial charge is 0.243 e. The first-order valence-corrected chi connectivity index (χ1v) is 12.3. The topological polar surface area (TPSA) is 101 Å². The van der Waals surface area contributed by atoms with Crippen LogP contribution in [0, 0.1) is 6.92 Å². The second-order valence-corrected chi connectivity index (χ2v) is 9.85. The molecule has 0 fully saturated rings. The number of halogens is 1. The van der Waals surface area contributed by atoms with E-state index in [2.05, 4.69) is 18.8 Å². The van der Waals surface area contributed by atoms with Gasteiger partial charge < -0.3 is 5.32 Å². The summed E-state index contributed by atoms with van der Waals surface area (Å²) in [5.41, 5.74) is 2.89. The molecule has 0 aliphatic heterocycles. The van der Waals surface area contributed by atoms with Crippen LogP contribution in [0.3, 0.4) is 0 Å². The van der Waals surface area contributed by atoms with Gasteiger partial charge in [-0.05, 0) is 48.7 Å². The Morgan fingerprint density at radius 3 is 2.62 bits per heavy atom. The Kier molecular flexibility index (Phi) is 6.52. The lowest BCUT2D eigenvalue weighted by Crippen LogP contribution is -2.45. The van der Waals surface area contributed by atoms with E-state index < -0.39 is 22.0 Å². The van der Waals surface area contributed by atoms with Crippen molar-refractivity contribution in [2.45, 2.75) is 24.3 Å². The molecule has 0 aliphatic carbocycles. The number of hydrogen-bond donors (Lipinski definition) is 2. The van der Waals surface area contributed by atoms with Crippen LogP contribution in [-0.2, 0) is 21.2 Å². The van der Waals surface area contributed by atoms with Crippen molar-refractivity contribution in [1.29, 1.82) is 0 Å². The maximum Gasteiger partial charge on any atom is 0.243 e. The number of sulfonamides is 1. The lowest BCUT2D eigenvalue weighted by atomic mass is 10.1. The monoisotopic (exact) mass is 486 g/mol. The number of rotatable bonds is 7. The van der Waals surface area contributed by atoms with Crippen LogP contribution >= 0.6 is 23.3 Å². The molecule has 1 unspecified atom stereocenters. The van der Waals surface area contributed by atoms with Gasteiger partial charge in [0, 0.05) is 10.7 Å². The van der Waals surface area contributed by atoms with Gasteiger partial charge in [0.15, 0.2) is 0 Å². The van der Waals surface area contributed by atoms with Crippen LogP contribution in [0.5, 0.6) is 0 Å². The molecule has 0 saturated carbocycles. The number of nitrogens with one attached hydrogen (secondary N) is 2. The highest BCUT2D eigenvalue weighted by Crippen LogP contribution is 2.23. The lowest BCUT2D eigenvalue weighted by molar-refractivity contribution is -0.117. The molecule has 0 spiro atoms. The number of benzene rings is 3. The molecule has 2 N–H and O–H groups in total. The molecule has 0 saturated heterocycles. The Morgan fingerprint density at radius 2 is 1.84 bits per heavy atom. The first-order valence-electron chi connectivity index (χ1n) is 9.68. The molecule has 1 amide bonds. The van der Waals surface area contributed by atoms with Gasteiger partial charge in [0.25, 0.3) is 0 Å². The predicted molar refractivity (Wildman–Crippen MR) is 126 cm³/mol. The highest BCUT2D eigenvalue weighted by molar-refractivity contribution is 7.89. The van der Waals surface area contributed by atoms with Crippen LogP contribution in [0.2, 0.25) is 5.02 Å². The fourth-order valence-corrected chi connectivity index (χ4v) is 5.37. The second kappa shape index (κ2) is 9.33. The molecule has 4 rings (SSSR count). The minimum atomic E-state index is -4.06. The van der Waals surface area contributed by atoms with Crippen molar-refractivity contribution in [3.8, 4) is 0 Å². The predicted octanol–water partition coefficient (Wildman–Crippen LogP) is 4.18. The summed E-state index contributed by atoms with van der Waals surface area (Å²) in [5.74, 6) is -0.494. The van der Waals surface area contributed by atoms with E-state index in [1.54, 1.807) is 30.3 Å². The van der Waals surface area contributed by atoms with Gasteiger partial charge in [-0.25, -0.2) is 8.42 Å². The zero-order valence-corrected chi connectivity index (χ0v) is 19.3. The first-order chi connectivity index (χ1) is 15.3. The molecule has 7 nitrogen and oxygen atoms in total. The summed E-state index contributed by atoms with van der Waals surface area (Å²) >= 11 is 7.00. The first kappa shape index (κ1) is 22.3. The third kappa shape index (κ3) is 4.97. The average molecular weight is 487 g/mol. The van der Waals surface area contributed by atoms with Crippen LogP contribution in [0.15, 0.2) is 71.6 Å². The summed E-state index contributed by atoms with van der Waals surface area (Å²) in [6.07, 6.45) is 0.164. The number of nitrogens with zero attached hydrogens (tertiary/aromatic N) is 2. The van der Waals surface area contributed by atoms with Crippen molar-refractivity contribution in [2.75, 3.05) is 5.32 Å². The zero-order valence-electron chi connectivity index (χ0n) is 16.9. The summed E-state index contributed by atoms with van der Waals surface area (Å²) < 4.78 is 37.3. The third-order valence-electron chi connectivity index (χ3n) is 4.89. The molecule has 0 radical (unpaired) electrons. The van der Waals surface area contributed by atoms with E-state index in [0.717, 1.165) is 22.9 Å². The third-order valence-corrected chi connectivity index (χ3v) is 7.17. The van der Waals surface area contributed by atoms with Crippen LogP contribution in [-0.4, -0.2) is 29.1 Å². The molecule has 0 bridgehead atoms. The number of aromatic nitrogens is 2. The summed E-state index contributed by atoms with van der Waals surface area (Å²) in [4.78, 5) is 13.2. The largest absolute Gasteiger partial charge is 0.324 e. The number of fused-ring (bicyclic) bond motifs is 1. The van der Waals surface area contributed by atoms with Crippen molar-refractivity contribution in [1.82, 2.24) is 13.5 Å². The standard InChI is InChI=1S/C22H19ClN4O3S2/c1-14-10-11-16(23)13-18(14)24-22(28)19(12-15-6-3-2-4-7-15)27-32(29,30)20-9-5-8-17-21(20)26-31-25-17/h2-11,13,19,27H,12H2,1H3,(H,24,28). The van der Waals surface area contributed by atoms with Crippen molar-refractivity contribution in [2.24, 2.45) is 0 Å². The number of carbonyl (C=O) groups is 1. The molecule has 32 heavy (non-hydrogen) atoms. The molecule has 1 atom stereocenters. The minimum Gasteiger partial charge on any atom is -0.324 e. The maximum absolute atomic E-state index is 13.2. The van der Waals surface area contributed by atoms with E-state index in [0.29, 0.717) is 16.2 Å². The van der Waals surface area contributed by atoms with E-state index in [9.17, 15) is 13.2 Å². The van der Waals surface area contributed by atoms with Crippen molar-refractivity contribution in [3.05, 3.63) is 82.9 Å². The SMILES string of the molecule is Cc1ccc(Cl)cc1NC(=O)C(Cc1ccccc1)NS(=O)(=O)c1cccc2nsnc12. The van der Waals surface area contributed by atoms with Gasteiger partial charge in [0.1, 0.15) is 22.0 Å². The van der Waals surface area contributed by atoms with E-state index in [-0.39, 0.29) is 16.8 Å². The van der Waals surface area contributed by atoms with Crippen molar-refractivity contribution >= 4 is 56.0 Å². The Morgan fingerprint density at radius 1 is 1.06 bits per heavy atom. The fourth-order valence-electron chi connectivity index (χ4n) is 3.24. The van der Waals surface area contributed by atoms with Gasteiger partial charge in [0.05, 0.1) is 11.7 Å². The molecule has 1 heterocycles. The molecule has 10 heteroatoms. The number of hydrogen-bond acceptors (Lipinski definition) is 6. The highest BCUT2D eigenvalue weighted by atomic mass is 35.5. The average Bonchev–Trinajstić information content (AvgIpc) is 3.25. The summed E-state index contributed by atoms with van der Waals surface area (Å²) in [7, 11) is -4.06. The molecule has 164 valence electrons. The van der Waals surface area contributed by atoms with E-state index >= 15 is 0 Å². The molecule has 4 aromatic rings. The number of aryl methyl sites for hydroxylation is 1. The van der Waals surface area contributed by atoms with Crippen molar-refractivity contribution < 1.29 is 13.2 Å². The van der Waals surface area contributed by atoms with Gasteiger partial charge in [-0.1, -0.05) is 54.1 Å². The molecular weight excluding hydrogens is 468 g/mol. The second-order valence-electron chi connectivity index (χ2n) is 7.20. The van der Waals surface area contributed by atoms with E-state index in [1.165, 1.54) is 6.07 Å². The summed E-state index contributed by atoms with van der Waals surface area (Å²) in [6.45, 7) is 1.83. The Balaban J connectivity index is 1.66. The Hall–Kier alpha value is -2.85. The van der Waals surface area contributed by atoms with Crippen LogP contribution in [0.1, 0.15) is 11.1 Å². The minimum absolute atomic E-state index is 0.0199. The quantitative estimate of drug-likeness (QED) is 0.408. The number of anilines is 1. The fraction of sp³-hybridized carbons (Fsp3) is 0.136. The Labute approximate surface area is 194 Å². The Bertz CT molecular complexity index is 1370. The van der Waals surface area contributed by atoms with E-state index in [4.69, 9.17) is 11.6 Å². The molecule has 1 aromatic heterocycles. The van der Waals surface area contributed by atoms with Crippen molar-refractivity contribution in [3.63, 3.8) is 0 Å². The summed E-state index contributed by atoms with van der Waals surface area (Å²) in [6, 6.07) is 18.0. The van der Waals surface area contributed by atoms with E-state index in [1.807, 2.05) is 37.3 Å². The maximum atomic E-state index is 13.2. The molecule has 3 aromatic carbocycles. The van der Waals surface area contributed by atoms with Crippen LogP contribution in [0.25, 0.3) is 11.0 Å². The number of carbonyl (C=O) groups excluding carboxylic acids is 1. The van der Waals surface area contributed by atoms with Gasteiger partial charge in [-0.3, -0.25) is 4.79 Å². The van der Waals surface area contributed by atoms with Crippen LogP contribution < -0.4 is 10.0 Å². The van der Waals surface area contributed by atoms with Gasteiger partial charge in [-0.2, -0.15) is 13.5 Å². The molecular formula is C22H19ClN4O3S2. The molecule has 0 aliphatic rings. The number of amides is 1. The normalized spacial score (nSPS) is 12.6. The van der Waals surface area contributed by atoms with Gasteiger partial charge in [-0.15, -0.1) is 0 Å². The zero-order chi connectivity index (χ0) is 22.7. The van der Waals surface area contributed by atoms with Crippen LogP contribution in [0.4, 0.5) is 5.69 Å². The van der Waals surface area contributed by atoms with Gasteiger partial charge >= 0.3 is 0 Å². The lowest BCUT2D eigenvalue weighted by Gasteiger charge is -2.20. The van der Waals surface area contributed by atoms with Gasteiger partial charge in [0.2, 0.25) is 15.9 Å². The highest BCUT2D eigenvalue weighted by Gasteiger charge is 2.28.